The molecule has 0 radical (unpaired) electrons. The number of esters is 1. The molecule has 106 valence electrons. The fourth-order valence-corrected chi connectivity index (χ4v) is 2.02. The maximum atomic E-state index is 11.4. The van der Waals surface area contributed by atoms with Crippen molar-refractivity contribution in [3.63, 3.8) is 0 Å². The van der Waals surface area contributed by atoms with Crippen LogP contribution in [0.25, 0.3) is 0 Å². The lowest BCUT2D eigenvalue weighted by molar-refractivity contribution is 0.0230. The van der Waals surface area contributed by atoms with Crippen LogP contribution in [0.4, 0.5) is 0 Å². The van der Waals surface area contributed by atoms with Gasteiger partial charge >= 0.3 is 5.97 Å². The van der Waals surface area contributed by atoms with E-state index in [9.17, 15) is 4.79 Å². The molecule has 0 unspecified atom stereocenters. The molecule has 0 aromatic heterocycles. The number of carbonyl (C=O) groups excluding carboxylic acids is 1. The highest BCUT2D eigenvalue weighted by atomic mass is 79.9. The maximum Gasteiger partial charge on any atom is 0.337 e. The molecule has 0 aliphatic heterocycles. The van der Waals surface area contributed by atoms with E-state index in [1.165, 1.54) is 7.11 Å². The Kier molecular flexibility index (Phi) is 5.97. The number of hydrogen-bond donors (Lipinski definition) is 1. The zero-order valence-electron chi connectivity index (χ0n) is 11.7. The van der Waals surface area contributed by atoms with Gasteiger partial charge in [0, 0.05) is 24.7 Å². The largest absolute Gasteiger partial charge is 0.465 e. The Hall–Kier alpha value is -0.910. The van der Waals surface area contributed by atoms with Crippen molar-refractivity contribution in [2.75, 3.05) is 20.8 Å². The fraction of sp³-hybridized carbons (Fsp3) is 0.500. The summed E-state index contributed by atoms with van der Waals surface area (Å²) in [4.78, 5) is 11.4. The van der Waals surface area contributed by atoms with Gasteiger partial charge in [-0.2, -0.15) is 0 Å². The number of carbonyl (C=O) groups is 1. The number of rotatable bonds is 6. The predicted octanol–water partition coefficient (Wildman–Crippen LogP) is 2.75. The Morgan fingerprint density at radius 3 is 2.58 bits per heavy atom. The van der Waals surface area contributed by atoms with Gasteiger partial charge in [0.2, 0.25) is 0 Å². The van der Waals surface area contributed by atoms with Gasteiger partial charge in [0.05, 0.1) is 18.3 Å². The van der Waals surface area contributed by atoms with Crippen LogP contribution in [0.15, 0.2) is 22.7 Å². The van der Waals surface area contributed by atoms with Gasteiger partial charge in [0.25, 0.3) is 0 Å². The minimum atomic E-state index is -0.333. The van der Waals surface area contributed by atoms with Gasteiger partial charge in [-0.15, -0.1) is 0 Å². The van der Waals surface area contributed by atoms with Crippen molar-refractivity contribution in [1.82, 2.24) is 5.32 Å². The Labute approximate surface area is 122 Å². The average Bonchev–Trinajstić information content (AvgIpc) is 2.39. The second-order valence-corrected chi connectivity index (χ2v) is 5.72. The summed E-state index contributed by atoms with van der Waals surface area (Å²) in [5, 5.41) is 3.33. The number of methoxy groups -OCH3 is 2. The van der Waals surface area contributed by atoms with E-state index in [0.717, 1.165) is 16.6 Å². The lowest BCUT2D eigenvalue weighted by Crippen LogP contribution is -2.36. The van der Waals surface area contributed by atoms with E-state index in [2.05, 4.69) is 26.0 Å². The molecule has 1 rings (SSSR count). The van der Waals surface area contributed by atoms with Crippen LogP contribution < -0.4 is 5.32 Å². The molecule has 0 heterocycles. The van der Waals surface area contributed by atoms with Gasteiger partial charge in [-0.25, -0.2) is 4.79 Å². The molecular formula is C14H20BrNO3. The van der Waals surface area contributed by atoms with E-state index in [1.54, 1.807) is 19.2 Å². The van der Waals surface area contributed by atoms with Crippen LogP contribution in [0.1, 0.15) is 29.8 Å². The quantitative estimate of drug-likeness (QED) is 0.815. The number of benzene rings is 1. The molecule has 1 aromatic carbocycles. The van der Waals surface area contributed by atoms with Gasteiger partial charge in [-0.3, -0.25) is 0 Å². The topological polar surface area (TPSA) is 47.6 Å². The van der Waals surface area contributed by atoms with Crippen molar-refractivity contribution >= 4 is 21.9 Å². The molecule has 19 heavy (non-hydrogen) atoms. The minimum Gasteiger partial charge on any atom is -0.465 e. The van der Waals surface area contributed by atoms with Gasteiger partial charge in [0.1, 0.15) is 0 Å². The molecule has 5 heteroatoms. The highest BCUT2D eigenvalue weighted by Crippen LogP contribution is 2.19. The average molecular weight is 330 g/mol. The maximum absolute atomic E-state index is 11.4. The standard InChI is InChI=1S/C14H20BrNO3/c1-14(2,19-4)9-16-8-11-6-5-10(7-12(11)15)13(17)18-3/h5-7,16H,8-9H2,1-4H3. The molecule has 0 bridgehead atoms. The fourth-order valence-electron chi connectivity index (χ4n) is 1.51. The summed E-state index contributed by atoms with van der Waals surface area (Å²) in [7, 11) is 3.07. The third-order valence-electron chi connectivity index (χ3n) is 2.89. The lowest BCUT2D eigenvalue weighted by atomic mass is 10.1. The molecule has 1 aromatic rings. The molecule has 0 fully saturated rings. The van der Waals surface area contributed by atoms with Crippen LogP contribution >= 0.6 is 15.9 Å². The van der Waals surface area contributed by atoms with Crippen LogP contribution in [0.3, 0.4) is 0 Å². The van der Waals surface area contributed by atoms with Crippen LogP contribution in [-0.4, -0.2) is 32.3 Å². The number of nitrogens with one attached hydrogen (secondary N) is 1. The van der Waals surface area contributed by atoms with Gasteiger partial charge in [-0.1, -0.05) is 22.0 Å². The van der Waals surface area contributed by atoms with Crippen molar-refractivity contribution in [3.05, 3.63) is 33.8 Å². The van der Waals surface area contributed by atoms with Crippen molar-refractivity contribution in [2.45, 2.75) is 26.0 Å². The molecule has 0 aliphatic carbocycles. The number of hydrogen-bond acceptors (Lipinski definition) is 4. The molecule has 0 amide bonds. The Morgan fingerprint density at radius 2 is 2.05 bits per heavy atom. The molecule has 0 saturated heterocycles. The van der Waals surface area contributed by atoms with Gasteiger partial charge in [-0.05, 0) is 31.5 Å². The Balaban J connectivity index is 2.63. The van der Waals surface area contributed by atoms with Crippen molar-refractivity contribution in [3.8, 4) is 0 Å². The summed E-state index contributed by atoms with van der Waals surface area (Å²) in [6, 6.07) is 5.43. The predicted molar refractivity (Wildman–Crippen MR) is 78.3 cm³/mol. The third kappa shape index (κ3) is 4.93. The van der Waals surface area contributed by atoms with E-state index in [0.29, 0.717) is 12.1 Å². The molecule has 0 spiro atoms. The van der Waals surface area contributed by atoms with E-state index in [4.69, 9.17) is 4.74 Å². The van der Waals surface area contributed by atoms with Gasteiger partial charge in [0.15, 0.2) is 0 Å². The van der Waals surface area contributed by atoms with E-state index in [-0.39, 0.29) is 11.6 Å². The van der Waals surface area contributed by atoms with Crippen molar-refractivity contribution in [2.24, 2.45) is 0 Å². The van der Waals surface area contributed by atoms with E-state index < -0.39 is 0 Å². The Morgan fingerprint density at radius 1 is 1.37 bits per heavy atom. The number of ether oxygens (including phenoxy) is 2. The lowest BCUT2D eigenvalue weighted by Gasteiger charge is -2.23. The first kappa shape index (κ1) is 16.1. The van der Waals surface area contributed by atoms with Crippen molar-refractivity contribution in [1.29, 1.82) is 0 Å². The summed E-state index contributed by atoms with van der Waals surface area (Å²) in [6.45, 7) is 5.49. The minimum absolute atomic E-state index is 0.196. The molecular weight excluding hydrogens is 310 g/mol. The normalized spacial score (nSPS) is 11.4. The molecule has 4 nitrogen and oxygen atoms in total. The molecule has 0 atom stereocenters. The SMILES string of the molecule is COC(=O)c1ccc(CNCC(C)(C)OC)c(Br)c1. The number of halogens is 1. The zero-order chi connectivity index (χ0) is 14.5. The van der Waals surface area contributed by atoms with E-state index >= 15 is 0 Å². The summed E-state index contributed by atoms with van der Waals surface area (Å²) in [6.07, 6.45) is 0. The first-order chi connectivity index (χ1) is 8.89. The van der Waals surface area contributed by atoms with Crippen molar-refractivity contribution < 1.29 is 14.3 Å². The van der Waals surface area contributed by atoms with Crippen LogP contribution in [0, 0.1) is 0 Å². The first-order valence-electron chi connectivity index (χ1n) is 6.02. The second-order valence-electron chi connectivity index (χ2n) is 4.87. The third-order valence-corrected chi connectivity index (χ3v) is 3.63. The first-order valence-corrected chi connectivity index (χ1v) is 6.81. The van der Waals surface area contributed by atoms with Crippen LogP contribution in [-0.2, 0) is 16.0 Å². The van der Waals surface area contributed by atoms with Crippen LogP contribution in [0.2, 0.25) is 0 Å². The summed E-state index contributed by atoms with van der Waals surface area (Å²) < 4.78 is 10.9. The Bertz CT molecular complexity index is 446. The van der Waals surface area contributed by atoms with Gasteiger partial charge < -0.3 is 14.8 Å². The highest BCUT2D eigenvalue weighted by Gasteiger charge is 2.15. The monoisotopic (exact) mass is 329 g/mol. The smallest absolute Gasteiger partial charge is 0.337 e. The van der Waals surface area contributed by atoms with Crippen LogP contribution in [0.5, 0.6) is 0 Å². The second kappa shape index (κ2) is 7.03. The van der Waals surface area contributed by atoms with E-state index in [1.807, 2.05) is 19.9 Å². The molecule has 0 saturated carbocycles. The zero-order valence-corrected chi connectivity index (χ0v) is 13.3. The highest BCUT2D eigenvalue weighted by molar-refractivity contribution is 9.10. The summed E-state index contributed by atoms with van der Waals surface area (Å²) in [5.41, 5.74) is 1.42. The summed E-state index contributed by atoms with van der Waals surface area (Å²) in [5.74, 6) is -0.333. The summed E-state index contributed by atoms with van der Waals surface area (Å²) >= 11 is 3.46. The molecule has 1 N–H and O–H groups in total. The molecule has 0 aliphatic rings.